The zero-order chi connectivity index (χ0) is 19.7. The highest BCUT2D eigenvalue weighted by Crippen LogP contribution is 2.61. The average Bonchev–Trinajstić information content (AvgIpc) is 2.63. The standard InChI is InChI=1S/C22H29N3O3/c1-14(26)23-13-15-2-4-19(5-3-15)21(28)25-24-20(27)12-22-9-16-6-17(10-22)8-18(7-16)11-22/h2-5,16-18H,6-13H2,1H3,(H,23,26)(H,24,27)(H,25,28). The molecule has 0 saturated heterocycles. The molecule has 0 heterocycles. The number of nitrogens with one attached hydrogen (secondary N) is 3. The molecule has 0 atom stereocenters. The monoisotopic (exact) mass is 383 g/mol. The van der Waals surface area contributed by atoms with Gasteiger partial charge >= 0.3 is 0 Å². The molecule has 3 amide bonds. The van der Waals surface area contributed by atoms with Crippen LogP contribution in [0.5, 0.6) is 0 Å². The second kappa shape index (κ2) is 7.57. The Labute approximate surface area is 165 Å². The van der Waals surface area contributed by atoms with E-state index in [4.69, 9.17) is 0 Å². The molecule has 3 N–H and O–H groups in total. The van der Waals surface area contributed by atoms with Crippen LogP contribution in [0.15, 0.2) is 24.3 Å². The molecule has 1 aromatic rings. The molecule has 4 fully saturated rings. The summed E-state index contributed by atoms with van der Waals surface area (Å²) in [5.74, 6) is 1.92. The van der Waals surface area contributed by atoms with Crippen molar-refractivity contribution in [3.8, 4) is 0 Å². The third-order valence-electron chi connectivity index (χ3n) is 6.77. The van der Waals surface area contributed by atoms with Crippen molar-refractivity contribution >= 4 is 17.7 Å². The van der Waals surface area contributed by atoms with Crippen molar-refractivity contribution in [2.75, 3.05) is 0 Å². The molecular formula is C22H29N3O3. The Hall–Kier alpha value is -2.37. The maximum Gasteiger partial charge on any atom is 0.269 e. The van der Waals surface area contributed by atoms with Crippen LogP contribution in [0.4, 0.5) is 0 Å². The summed E-state index contributed by atoms with van der Waals surface area (Å²) < 4.78 is 0. The molecular weight excluding hydrogens is 354 g/mol. The number of benzene rings is 1. The zero-order valence-electron chi connectivity index (χ0n) is 16.4. The van der Waals surface area contributed by atoms with Crippen LogP contribution in [0.2, 0.25) is 0 Å². The van der Waals surface area contributed by atoms with Crippen molar-refractivity contribution in [2.24, 2.45) is 23.2 Å². The van der Waals surface area contributed by atoms with E-state index in [0.29, 0.717) is 18.5 Å². The van der Waals surface area contributed by atoms with E-state index in [1.807, 2.05) is 0 Å². The predicted molar refractivity (Wildman–Crippen MR) is 105 cm³/mol. The highest BCUT2D eigenvalue weighted by atomic mass is 16.2. The van der Waals surface area contributed by atoms with Crippen molar-refractivity contribution < 1.29 is 14.4 Å². The van der Waals surface area contributed by atoms with Crippen molar-refractivity contribution in [1.29, 1.82) is 0 Å². The quantitative estimate of drug-likeness (QED) is 0.683. The molecule has 0 aliphatic heterocycles. The van der Waals surface area contributed by atoms with Crippen LogP contribution in [0.3, 0.4) is 0 Å². The van der Waals surface area contributed by atoms with Gasteiger partial charge in [-0.1, -0.05) is 12.1 Å². The summed E-state index contributed by atoms with van der Waals surface area (Å²) >= 11 is 0. The van der Waals surface area contributed by atoms with Gasteiger partial charge in [-0.15, -0.1) is 0 Å². The highest BCUT2D eigenvalue weighted by molar-refractivity contribution is 5.95. The molecule has 4 aliphatic carbocycles. The van der Waals surface area contributed by atoms with E-state index in [9.17, 15) is 14.4 Å². The number of carbonyl (C=O) groups excluding carboxylic acids is 3. The van der Waals surface area contributed by atoms with E-state index < -0.39 is 0 Å². The van der Waals surface area contributed by atoms with Gasteiger partial charge in [0.15, 0.2) is 0 Å². The van der Waals surface area contributed by atoms with Gasteiger partial charge in [0.05, 0.1) is 0 Å². The first-order valence-corrected chi connectivity index (χ1v) is 10.3. The number of hydrogen-bond donors (Lipinski definition) is 3. The van der Waals surface area contributed by atoms with Crippen molar-refractivity contribution in [1.82, 2.24) is 16.2 Å². The Morgan fingerprint density at radius 2 is 1.50 bits per heavy atom. The lowest BCUT2D eigenvalue weighted by Crippen LogP contribution is -2.50. The molecule has 28 heavy (non-hydrogen) atoms. The van der Waals surface area contributed by atoms with E-state index in [1.165, 1.54) is 45.4 Å². The summed E-state index contributed by atoms with van der Waals surface area (Å²) in [6.45, 7) is 1.90. The molecule has 0 unspecified atom stereocenters. The second-order valence-electron chi connectivity index (χ2n) is 9.20. The molecule has 4 bridgehead atoms. The summed E-state index contributed by atoms with van der Waals surface area (Å²) in [6.07, 6.45) is 8.12. The molecule has 0 aromatic heterocycles. The first-order valence-electron chi connectivity index (χ1n) is 10.3. The summed E-state index contributed by atoms with van der Waals surface area (Å²) in [4.78, 5) is 35.8. The molecule has 0 radical (unpaired) electrons. The Kier molecular flexibility index (Phi) is 5.13. The van der Waals surface area contributed by atoms with Crippen molar-refractivity contribution in [3.05, 3.63) is 35.4 Å². The van der Waals surface area contributed by atoms with E-state index >= 15 is 0 Å². The maximum atomic E-state index is 12.5. The predicted octanol–water partition coefficient (Wildman–Crippen LogP) is 2.69. The summed E-state index contributed by atoms with van der Waals surface area (Å²) in [7, 11) is 0. The van der Waals surface area contributed by atoms with Crippen LogP contribution in [0.25, 0.3) is 0 Å². The minimum Gasteiger partial charge on any atom is -0.352 e. The lowest BCUT2D eigenvalue weighted by Gasteiger charge is -2.56. The van der Waals surface area contributed by atoms with E-state index in [1.54, 1.807) is 24.3 Å². The van der Waals surface area contributed by atoms with Gasteiger partial charge in [0.1, 0.15) is 0 Å². The Morgan fingerprint density at radius 1 is 0.929 bits per heavy atom. The van der Waals surface area contributed by atoms with Crippen LogP contribution >= 0.6 is 0 Å². The number of amides is 3. The van der Waals surface area contributed by atoms with Crippen LogP contribution in [-0.2, 0) is 16.1 Å². The summed E-state index contributed by atoms with van der Waals surface area (Å²) in [5.41, 5.74) is 6.71. The van der Waals surface area contributed by atoms with Gasteiger partial charge in [-0.25, -0.2) is 0 Å². The van der Waals surface area contributed by atoms with E-state index in [2.05, 4.69) is 16.2 Å². The number of hydrazine groups is 1. The molecule has 5 rings (SSSR count). The molecule has 4 aliphatic rings. The lowest BCUT2D eigenvalue weighted by molar-refractivity contribution is -0.130. The van der Waals surface area contributed by atoms with Gasteiger partial charge in [0.25, 0.3) is 5.91 Å². The normalized spacial score (nSPS) is 30.0. The molecule has 1 aromatic carbocycles. The topological polar surface area (TPSA) is 87.3 Å². The second-order valence-corrected chi connectivity index (χ2v) is 9.20. The van der Waals surface area contributed by atoms with Crippen LogP contribution in [-0.4, -0.2) is 17.7 Å². The smallest absolute Gasteiger partial charge is 0.269 e. The van der Waals surface area contributed by atoms with Gasteiger partial charge in [-0.2, -0.15) is 0 Å². The van der Waals surface area contributed by atoms with Crippen LogP contribution in [0.1, 0.15) is 67.8 Å². The minimum absolute atomic E-state index is 0.0856. The number of carbonyl (C=O) groups is 3. The first kappa shape index (κ1) is 19.0. The first-order chi connectivity index (χ1) is 13.4. The van der Waals surface area contributed by atoms with Gasteiger partial charge in [0, 0.05) is 25.5 Å². The number of rotatable bonds is 5. The fraction of sp³-hybridized carbons (Fsp3) is 0.591. The fourth-order valence-electron chi connectivity index (χ4n) is 6.09. The minimum atomic E-state index is -0.329. The van der Waals surface area contributed by atoms with Gasteiger partial charge in [-0.3, -0.25) is 25.2 Å². The van der Waals surface area contributed by atoms with Crippen LogP contribution in [0, 0.1) is 23.2 Å². The Morgan fingerprint density at radius 3 is 2.04 bits per heavy atom. The molecule has 4 saturated carbocycles. The van der Waals surface area contributed by atoms with Gasteiger partial charge < -0.3 is 5.32 Å². The third-order valence-corrected chi connectivity index (χ3v) is 6.77. The Balaban J connectivity index is 1.26. The fourth-order valence-corrected chi connectivity index (χ4v) is 6.09. The maximum absolute atomic E-state index is 12.5. The summed E-state index contributed by atoms with van der Waals surface area (Å²) in [5, 5.41) is 2.72. The molecule has 150 valence electrons. The summed E-state index contributed by atoms with van der Waals surface area (Å²) in [6, 6.07) is 6.97. The van der Waals surface area contributed by atoms with Crippen LogP contribution < -0.4 is 16.2 Å². The van der Waals surface area contributed by atoms with Crippen molar-refractivity contribution in [3.63, 3.8) is 0 Å². The Bertz CT molecular complexity index is 736. The molecule has 0 spiro atoms. The zero-order valence-corrected chi connectivity index (χ0v) is 16.4. The average molecular weight is 383 g/mol. The SMILES string of the molecule is CC(=O)NCc1ccc(C(=O)NNC(=O)CC23CC4CC(CC(C4)C2)C3)cc1. The lowest BCUT2D eigenvalue weighted by atomic mass is 9.49. The largest absolute Gasteiger partial charge is 0.352 e. The van der Waals surface area contributed by atoms with Gasteiger partial charge in [0.2, 0.25) is 11.8 Å². The third kappa shape index (κ3) is 4.21. The van der Waals surface area contributed by atoms with E-state index in [-0.39, 0.29) is 23.1 Å². The highest BCUT2D eigenvalue weighted by Gasteiger charge is 2.51. The van der Waals surface area contributed by atoms with Gasteiger partial charge in [-0.05, 0) is 79.4 Å². The molecule has 6 nitrogen and oxygen atoms in total. The van der Waals surface area contributed by atoms with E-state index in [0.717, 1.165) is 23.3 Å². The van der Waals surface area contributed by atoms with Crippen molar-refractivity contribution in [2.45, 2.75) is 58.4 Å². The number of hydrogen-bond acceptors (Lipinski definition) is 3. The molecule has 6 heteroatoms.